The van der Waals surface area contributed by atoms with Crippen LogP contribution in [-0.2, 0) is 6.54 Å². The lowest BCUT2D eigenvalue weighted by Crippen LogP contribution is -2.18. The lowest BCUT2D eigenvalue weighted by molar-refractivity contribution is 0.401. The summed E-state index contributed by atoms with van der Waals surface area (Å²) < 4.78 is 5.43. The number of rotatable bonds is 5. The maximum absolute atomic E-state index is 5.43. The van der Waals surface area contributed by atoms with Crippen molar-refractivity contribution < 1.29 is 4.74 Å². The molecule has 0 amide bonds. The first-order valence-corrected chi connectivity index (χ1v) is 6.62. The Morgan fingerprint density at radius 1 is 1.11 bits per heavy atom. The highest BCUT2D eigenvalue weighted by Crippen LogP contribution is 2.26. The summed E-state index contributed by atoms with van der Waals surface area (Å²) in [5.41, 5.74) is 3.75. The summed E-state index contributed by atoms with van der Waals surface area (Å²) in [6.07, 6.45) is 0. The first-order chi connectivity index (χ1) is 9.20. The lowest BCUT2D eigenvalue weighted by Gasteiger charge is -2.18. The second kappa shape index (κ2) is 6.39. The Morgan fingerprint density at radius 3 is 2.53 bits per heavy atom. The zero-order chi connectivity index (χ0) is 13.7. The molecule has 0 heterocycles. The highest BCUT2D eigenvalue weighted by molar-refractivity contribution is 5.38. The number of benzene rings is 2. The third-order valence-electron chi connectivity index (χ3n) is 3.31. The van der Waals surface area contributed by atoms with Gasteiger partial charge >= 0.3 is 0 Å². The summed E-state index contributed by atoms with van der Waals surface area (Å²) in [7, 11) is 1.72. The van der Waals surface area contributed by atoms with Gasteiger partial charge in [0.05, 0.1) is 7.11 Å². The van der Waals surface area contributed by atoms with E-state index in [0.717, 1.165) is 12.3 Å². The molecule has 2 aromatic carbocycles. The Balaban J connectivity index is 2.07. The van der Waals surface area contributed by atoms with E-state index in [1.54, 1.807) is 7.11 Å². The zero-order valence-electron chi connectivity index (χ0n) is 11.8. The van der Waals surface area contributed by atoms with Crippen molar-refractivity contribution in [1.29, 1.82) is 0 Å². The standard InChI is InChI=1S/C17H21NO/c1-13-9-10-17(19-3)16(11-13)14(2)18-12-15-7-5-4-6-8-15/h4-11,14,18H,12H2,1-3H3. The number of hydrogen-bond acceptors (Lipinski definition) is 2. The van der Waals surface area contributed by atoms with Gasteiger partial charge in [0, 0.05) is 18.2 Å². The van der Waals surface area contributed by atoms with Crippen LogP contribution >= 0.6 is 0 Å². The van der Waals surface area contributed by atoms with Crippen LogP contribution in [0.4, 0.5) is 0 Å². The molecule has 0 spiro atoms. The van der Waals surface area contributed by atoms with Crippen molar-refractivity contribution in [3.63, 3.8) is 0 Å². The molecule has 2 rings (SSSR count). The van der Waals surface area contributed by atoms with Gasteiger partial charge in [0.1, 0.15) is 5.75 Å². The van der Waals surface area contributed by atoms with Gasteiger partial charge in [-0.05, 0) is 25.5 Å². The molecule has 2 aromatic rings. The highest BCUT2D eigenvalue weighted by Gasteiger charge is 2.11. The van der Waals surface area contributed by atoms with E-state index in [-0.39, 0.29) is 6.04 Å². The Kier molecular flexibility index (Phi) is 4.58. The molecule has 19 heavy (non-hydrogen) atoms. The van der Waals surface area contributed by atoms with Crippen molar-refractivity contribution in [1.82, 2.24) is 5.32 Å². The van der Waals surface area contributed by atoms with Gasteiger partial charge in [-0.2, -0.15) is 0 Å². The maximum Gasteiger partial charge on any atom is 0.123 e. The molecule has 0 aliphatic carbocycles. The first kappa shape index (κ1) is 13.6. The van der Waals surface area contributed by atoms with Crippen molar-refractivity contribution in [3.05, 3.63) is 65.2 Å². The monoisotopic (exact) mass is 255 g/mol. The molecule has 2 heteroatoms. The summed E-state index contributed by atoms with van der Waals surface area (Å²) in [5.74, 6) is 0.943. The van der Waals surface area contributed by atoms with Gasteiger partial charge in [0.25, 0.3) is 0 Å². The fourth-order valence-electron chi connectivity index (χ4n) is 2.17. The van der Waals surface area contributed by atoms with Crippen LogP contribution in [0.2, 0.25) is 0 Å². The third-order valence-corrected chi connectivity index (χ3v) is 3.31. The van der Waals surface area contributed by atoms with E-state index in [9.17, 15) is 0 Å². The van der Waals surface area contributed by atoms with Crippen molar-refractivity contribution >= 4 is 0 Å². The lowest BCUT2D eigenvalue weighted by atomic mass is 10.0. The molecule has 0 bridgehead atoms. The van der Waals surface area contributed by atoms with E-state index in [1.165, 1.54) is 16.7 Å². The highest BCUT2D eigenvalue weighted by atomic mass is 16.5. The van der Waals surface area contributed by atoms with E-state index in [1.807, 2.05) is 12.1 Å². The van der Waals surface area contributed by atoms with Gasteiger partial charge in [-0.3, -0.25) is 0 Å². The minimum absolute atomic E-state index is 0.259. The van der Waals surface area contributed by atoms with Crippen LogP contribution in [0.3, 0.4) is 0 Å². The molecule has 1 N–H and O–H groups in total. The number of nitrogens with one attached hydrogen (secondary N) is 1. The Hall–Kier alpha value is -1.80. The van der Waals surface area contributed by atoms with Crippen LogP contribution in [0.15, 0.2) is 48.5 Å². The van der Waals surface area contributed by atoms with E-state index in [2.05, 4.69) is 55.6 Å². The van der Waals surface area contributed by atoms with Crippen molar-refractivity contribution in [2.24, 2.45) is 0 Å². The largest absolute Gasteiger partial charge is 0.496 e. The number of aryl methyl sites for hydroxylation is 1. The SMILES string of the molecule is COc1ccc(C)cc1C(C)NCc1ccccc1. The molecule has 0 fully saturated rings. The zero-order valence-corrected chi connectivity index (χ0v) is 11.8. The van der Waals surface area contributed by atoms with Gasteiger partial charge in [0.2, 0.25) is 0 Å². The minimum atomic E-state index is 0.259. The van der Waals surface area contributed by atoms with Crippen LogP contribution in [-0.4, -0.2) is 7.11 Å². The second-order valence-electron chi connectivity index (χ2n) is 4.83. The van der Waals surface area contributed by atoms with Crippen LogP contribution < -0.4 is 10.1 Å². The molecule has 1 unspecified atom stereocenters. The average molecular weight is 255 g/mol. The summed E-state index contributed by atoms with van der Waals surface area (Å²) >= 11 is 0. The van der Waals surface area contributed by atoms with Gasteiger partial charge in [-0.1, -0.05) is 48.0 Å². The number of methoxy groups -OCH3 is 1. The van der Waals surface area contributed by atoms with Crippen molar-refractivity contribution in [2.45, 2.75) is 26.4 Å². The fraction of sp³-hybridized carbons (Fsp3) is 0.294. The normalized spacial score (nSPS) is 12.2. The molecular weight excluding hydrogens is 234 g/mol. The average Bonchev–Trinajstić information content (AvgIpc) is 2.46. The Labute approximate surface area is 115 Å². The molecule has 0 radical (unpaired) electrons. The third kappa shape index (κ3) is 3.58. The molecule has 1 atom stereocenters. The van der Waals surface area contributed by atoms with Gasteiger partial charge in [-0.25, -0.2) is 0 Å². The van der Waals surface area contributed by atoms with Crippen LogP contribution in [0.1, 0.15) is 29.7 Å². The molecular formula is C17H21NO. The van der Waals surface area contributed by atoms with E-state index < -0.39 is 0 Å². The number of ether oxygens (including phenoxy) is 1. The number of hydrogen-bond donors (Lipinski definition) is 1. The van der Waals surface area contributed by atoms with E-state index in [4.69, 9.17) is 4.74 Å². The molecule has 100 valence electrons. The topological polar surface area (TPSA) is 21.3 Å². The molecule has 2 nitrogen and oxygen atoms in total. The quantitative estimate of drug-likeness (QED) is 0.876. The smallest absolute Gasteiger partial charge is 0.123 e. The molecule has 0 aliphatic heterocycles. The molecule has 0 saturated heterocycles. The summed E-state index contributed by atoms with van der Waals surface area (Å²) in [5, 5.41) is 3.54. The predicted molar refractivity (Wildman–Crippen MR) is 79.4 cm³/mol. The van der Waals surface area contributed by atoms with E-state index in [0.29, 0.717) is 0 Å². The van der Waals surface area contributed by atoms with Crippen LogP contribution in [0.25, 0.3) is 0 Å². The van der Waals surface area contributed by atoms with Crippen molar-refractivity contribution in [2.75, 3.05) is 7.11 Å². The Bertz CT molecular complexity index is 522. The molecule has 0 aliphatic rings. The first-order valence-electron chi connectivity index (χ1n) is 6.62. The molecule has 0 aromatic heterocycles. The van der Waals surface area contributed by atoms with Gasteiger partial charge in [-0.15, -0.1) is 0 Å². The summed E-state index contributed by atoms with van der Waals surface area (Å²) in [6.45, 7) is 5.13. The van der Waals surface area contributed by atoms with Gasteiger partial charge in [0.15, 0.2) is 0 Å². The summed E-state index contributed by atoms with van der Waals surface area (Å²) in [6, 6.07) is 17.0. The van der Waals surface area contributed by atoms with Crippen molar-refractivity contribution in [3.8, 4) is 5.75 Å². The van der Waals surface area contributed by atoms with Crippen LogP contribution in [0, 0.1) is 6.92 Å². The minimum Gasteiger partial charge on any atom is -0.496 e. The van der Waals surface area contributed by atoms with Crippen LogP contribution in [0.5, 0.6) is 5.75 Å². The second-order valence-corrected chi connectivity index (χ2v) is 4.83. The van der Waals surface area contributed by atoms with E-state index >= 15 is 0 Å². The fourth-order valence-corrected chi connectivity index (χ4v) is 2.17. The Morgan fingerprint density at radius 2 is 1.84 bits per heavy atom. The van der Waals surface area contributed by atoms with Gasteiger partial charge < -0.3 is 10.1 Å². The predicted octanol–water partition coefficient (Wildman–Crippen LogP) is 3.85. The maximum atomic E-state index is 5.43. The summed E-state index contributed by atoms with van der Waals surface area (Å²) in [4.78, 5) is 0. The molecule has 0 saturated carbocycles.